The van der Waals surface area contributed by atoms with Gasteiger partial charge in [0.2, 0.25) is 5.89 Å². The number of fused-ring (bicyclic) bond motifs is 1. The molecule has 0 amide bonds. The summed E-state index contributed by atoms with van der Waals surface area (Å²) in [6.45, 7) is 0.208. The van der Waals surface area contributed by atoms with Crippen molar-refractivity contribution in [1.82, 2.24) is 14.5 Å². The minimum Gasteiger partial charge on any atom is -0.439 e. The van der Waals surface area contributed by atoms with Gasteiger partial charge in [-0.25, -0.2) is 9.97 Å². The maximum absolute atomic E-state index is 11.8. The average Bonchev–Trinajstić information content (AvgIpc) is 2.79. The summed E-state index contributed by atoms with van der Waals surface area (Å²) in [5.41, 5.74) is 7.37. The Morgan fingerprint density at radius 2 is 2.26 bits per heavy atom. The molecule has 1 aromatic carbocycles. The molecular weight excluding hydrogens is 312 g/mol. The molecule has 0 fully saturated rings. The topological polar surface area (TPSA) is 86.9 Å². The second-order valence-electron chi connectivity index (χ2n) is 3.98. The van der Waals surface area contributed by atoms with E-state index in [2.05, 4.69) is 25.9 Å². The summed E-state index contributed by atoms with van der Waals surface area (Å²) in [7, 11) is 0. The number of hydrogen-bond acceptors (Lipinski definition) is 5. The highest BCUT2D eigenvalue weighted by Gasteiger charge is 2.10. The predicted molar refractivity (Wildman–Crippen MR) is 73.7 cm³/mol. The van der Waals surface area contributed by atoms with Crippen LogP contribution < -0.4 is 11.3 Å². The predicted octanol–water partition coefficient (Wildman–Crippen LogP) is 1.78. The smallest absolute Gasteiger partial charge is 0.268 e. The van der Waals surface area contributed by atoms with Gasteiger partial charge in [0.25, 0.3) is 5.56 Å². The molecule has 2 heterocycles. The molecule has 96 valence electrons. The Bertz CT molecular complexity index is 809. The van der Waals surface area contributed by atoms with Gasteiger partial charge in [0, 0.05) is 6.20 Å². The molecule has 0 unspecified atom stereocenters. The molecule has 19 heavy (non-hydrogen) atoms. The van der Waals surface area contributed by atoms with E-state index in [-0.39, 0.29) is 12.1 Å². The van der Waals surface area contributed by atoms with Crippen LogP contribution in [0.2, 0.25) is 0 Å². The molecule has 0 aliphatic carbocycles. The fraction of sp³-hybridized carbons (Fsp3) is 0.0833. The minimum absolute atomic E-state index is 0.190. The van der Waals surface area contributed by atoms with Crippen LogP contribution >= 0.6 is 15.9 Å². The van der Waals surface area contributed by atoms with E-state index in [1.54, 1.807) is 18.2 Å². The van der Waals surface area contributed by atoms with Crippen molar-refractivity contribution in [3.63, 3.8) is 0 Å². The molecule has 0 saturated carbocycles. The molecule has 0 saturated heterocycles. The highest BCUT2D eigenvalue weighted by molar-refractivity contribution is 9.10. The molecular formula is C12H9BrN4O2. The zero-order valence-corrected chi connectivity index (χ0v) is 11.3. The lowest BCUT2D eigenvalue weighted by Gasteiger charge is -2.00. The number of oxazole rings is 1. The van der Waals surface area contributed by atoms with Gasteiger partial charge < -0.3 is 10.2 Å². The van der Waals surface area contributed by atoms with Crippen LogP contribution in [-0.2, 0) is 6.54 Å². The maximum Gasteiger partial charge on any atom is 0.268 e. The van der Waals surface area contributed by atoms with Crippen LogP contribution in [0.25, 0.3) is 11.1 Å². The van der Waals surface area contributed by atoms with Gasteiger partial charge in [-0.15, -0.1) is 0 Å². The number of nitrogens with zero attached hydrogens (tertiary/aromatic N) is 3. The number of hydrogen-bond donors (Lipinski definition) is 1. The van der Waals surface area contributed by atoms with Crippen molar-refractivity contribution in [2.24, 2.45) is 0 Å². The SMILES string of the molecule is Nc1cccc2oc(Cn3cncc(Br)c3=O)nc12. The second-order valence-corrected chi connectivity index (χ2v) is 4.83. The number of halogens is 1. The van der Waals surface area contributed by atoms with E-state index in [4.69, 9.17) is 10.2 Å². The molecule has 0 spiro atoms. The summed E-state index contributed by atoms with van der Waals surface area (Å²) < 4.78 is 7.36. The molecule has 0 radical (unpaired) electrons. The average molecular weight is 321 g/mol. The van der Waals surface area contributed by atoms with Gasteiger partial charge in [-0.1, -0.05) is 6.07 Å². The lowest BCUT2D eigenvalue weighted by molar-refractivity contribution is 0.501. The maximum atomic E-state index is 11.8. The lowest BCUT2D eigenvalue weighted by atomic mass is 10.3. The Balaban J connectivity index is 2.04. The van der Waals surface area contributed by atoms with Crippen molar-refractivity contribution < 1.29 is 4.42 Å². The van der Waals surface area contributed by atoms with Crippen molar-refractivity contribution in [3.05, 3.63) is 51.4 Å². The largest absolute Gasteiger partial charge is 0.439 e. The van der Waals surface area contributed by atoms with Crippen LogP contribution in [0.15, 0.2) is 44.4 Å². The number of nitrogen functional groups attached to an aromatic ring is 1. The Morgan fingerprint density at radius 3 is 3.05 bits per heavy atom. The summed E-state index contributed by atoms with van der Waals surface area (Å²) in [4.78, 5) is 20.1. The molecule has 0 bridgehead atoms. The quantitative estimate of drug-likeness (QED) is 0.727. The first kappa shape index (κ1) is 11.9. The van der Waals surface area contributed by atoms with Crippen molar-refractivity contribution in [2.45, 2.75) is 6.54 Å². The van der Waals surface area contributed by atoms with E-state index in [1.165, 1.54) is 17.1 Å². The van der Waals surface area contributed by atoms with Gasteiger partial charge in [-0.05, 0) is 28.1 Å². The number of anilines is 1. The fourth-order valence-electron chi connectivity index (χ4n) is 1.77. The van der Waals surface area contributed by atoms with Crippen molar-refractivity contribution in [1.29, 1.82) is 0 Å². The zero-order chi connectivity index (χ0) is 13.4. The van der Waals surface area contributed by atoms with Crippen LogP contribution in [-0.4, -0.2) is 14.5 Å². The standard InChI is InChI=1S/C12H9BrN4O2/c13-7-4-15-6-17(12(7)18)5-10-16-11-8(14)2-1-3-9(11)19-10/h1-4,6H,5,14H2. The van der Waals surface area contributed by atoms with Crippen molar-refractivity contribution >= 4 is 32.7 Å². The first-order chi connectivity index (χ1) is 9.15. The van der Waals surface area contributed by atoms with Crippen LogP contribution in [0.3, 0.4) is 0 Å². The van der Waals surface area contributed by atoms with Gasteiger partial charge in [-0.2, -0.15) is 0 Å². The molecule has 2 N–H and O–H groups in total. The first-order valence-corrected chi connectivity index (χ1v) is 6.28. The summed E-state index contributed by atoms with van der Waals surface area (Å²) in [5.74, 6) is 0.412. The highest BCUT2D eigenvalue weighted by atomic mass is 79.9. The van der Waals surface area contributed by atoms with E-state index in [0.29, 0.717) is 27.2 Å². The highest BCUT2D eigenvalue weighted by Crippen LogP contribution is 2.21. The van der Waals surface area contributed by atoms with E-state index in [0.717, 1.165) is 0 Å². The molecule has 0 aliphatic heterocycles. The monoisotopic (exact) mass is 320 g/mol. The van der Waals surface area contributed by atoms with E-state index in [9.17, 15) is 4.79 Å². The summed E-state index contributed by atoms with van der Waals surface area (Å²) in [6.07, 6.45) is 2.88. The second kappa shape index (κ2) is 4.51. The number of nitrogens with two attached hydrogens (primary N) is 1. The van der Waals surface area contributed by atoms with Gasteiger partial charge in [-0.3, -0.25) is 9.36 Å². The Labute approximate surface area is 116 Å². The Morgan fingerprint density at radius 1 is 1.42 bits per heavy atom. The van der Waals surface area contributed by atoms with Crippen molar-refractivity contribution in [2.75, 3.05) is 5.73 Å². The molecule has 7 heteroatoms. The number of rotatable bonds is 2. The van der Waals surface area contributed by atoms with Crippen LogP contribution in [0.5, 0.6) is 0 Å². The van der Waals surface area contributed by atoms with E-state index in [1.807, 2.05) is 0 Å². The van der Waals surface area contributed by atoms with Gasteiger partial charge in [0.05, 0.1) is 12.0 Å². The molecule has 0 aliphatic rings. The Kier molecular flexibility index (Phi) is 2.83. The van der Waals surface area contributed by atoms with Crippen LogP contribution in [0, 0.1) is 0 Å². The summed E-state index contributed by atoms with van der Waals surface area (Å²) >= 11 is 3.14. The summed E-state index contributed by atoms with van der Waals surface area (Å²) in [6, 6.07) is 5.32. The van der Waals surface area contributed by atoms with Crippen molar-refractivity contribution in [3.8, 4) is 0 Å². The molecule has 3 rings (SSSR count). The number of benzene rings is 1. The fourth-order valence-corrected chi connectivity index (χ4v) is 2.11. The zero-order valence-electron chi connectivity index (χ0n) is 9.71. The third-order valence-electron chi connectivity index (χ3n) is 2.66. The molecule has 6 nitrogen and oxygen atoms in total. The normalized spacial score (nSPS) is 11.0. The van der Waals surface area contributed by atoms with Crippen LogP contribution in [0.4, 0.5) is 5.69 Å². The first-order valence-electron chi connectivity index (χ1n) is 5.49. The molecule has 3 aromatic rings. The van der Waals surface area contributed by atoms with Gasteiger partial charge in [0.1, 0.15) is 16.5 Å². The summed E-state index contributed by atoms with van der Waals surface area (Å²) in [5, 5.41) is 0. The van der Waals surface area contributed by atoms with E-state index >= 15 is 0 Å². The lowest BCUT2D eigenvalue weighted by Crippen LogP contribution is -2.21. The minimum atomic E-state index is -0.190. The number of para-hydroxylation sites is 1. The van der Waals surface area contributed by atoms with Gasteiger partial charge in [0.15, 0.2) is 5.58 Å². The Hall–Kier alpha value is -2.15. The van der Waals surface area contributed by atoms with Gasteiger partial charge >= 0.3 is 0 Å². The molecule has 2 aromatic heterocycles. The third kappa shape index (κ3) is 2.12. The van der Waals surface area contributed by atoms with E-state index < -0.39 is 0 Å². The number of aromatic nitrogens is 3. The third-order valence-corrected chi connectivity index (χ3v) is 3.20. The molecule has 0 atom stereocenters. The van der Waals surface area contributed by atoms with Crippen LogP contribution in [0.1, 0.15) is 5.89 Å².